The van der Waals surface area contributed by atoms with E-state index < -0.39 is 0 Å². The standard InChI is InChI=1S/C11H18BrN3/c1-8-3-4-10(12)5-9(8)6-11-7-15(2)14-13-11/h7-10H,3-6H2,1-2H3. The summed E-state index contributed by atoms with van der Waals surface area (Å²) in [5, 5.41) is 8.15. The molecular weight excluding hydrogens is 254 g/mol. The first-order valence-corrected chi connectivity index (χ1v) is 6.56. The summed E-state index contributed by atoms with van der Waals surface area (Å²) in [6.45, 7) is 2.36. The second-order valence-electron chi connectivity index (χ2n) is 4.74. The van der Waals surface area contributed by atoms with E-state index in [4.69, 9.17) is 0 Å². The molecule has 1 aliphatic rings. The zero-order valence-corrected chi connectivity index (χ0v) is 10.9. The van der Waals surface area contributed by atoms with Gasteiger partial charge < -0.3 is 0 Å². The minimum Gasteiger partial charge on any atom is -0.255 e. The van der Waals surface area contributed by atoms with Crippen LogP contribution >= 0.6 is 15.9 Å². The number of aromatic nitrogens is 3. The fraction of sp³-hybridized carbons (Fsp3) is 0.818. The van der Waals surface area contributed by atoms with Crippen LogP contribution in [-0.2, 0) is 13.5 Å². The topological polar surface area (TPSA) is 30.7 Å². The highest BCUT2D eigenvalue weighted by Gasteiger charge is 2.26. The second-order valence-corrected chi connectivity index (χ2v) is 6.03. The van der Waals surface area contributed by atoms with Crippen molar-refractivity contribution in [1.29, 1.82) is 0 Å². The summed E-state index contributed by atoms with van der Waals surface area (Å²) in [7, 11) is 1.92. The quantitative estimate of drug-likeness (QED) is 0.775. The maximum atomic E-state index is 4.17. The Morgan fingerprint density at radius 3 is 3.00 bits per heavy atom. The molecule has 3 atom stereocenters. The highest BCUT2D eigenvalue weighted by molar-refractivity contribution is 9.09. The van der Waals surface area contributed by atoms with E-state index in [-0.39, 0.29) is 0 Å². The van der Waals surface area contributed by atoms with Gasteiger partial charge in [0.1, 0.15) is 0 Å². The molecule has 0 saturated heterocycles. The predicted molar refractivity (Wildman–Crippen MR) is 63.9 cm³/mol. The summed E-state index contributed by atoms with van der Waals surface area (Å²) in [5.74, 6) is 1.58. The van der Waals surface area contributed by atoms with Crippen LogP contribution in [0.25, 0.3) is 0 Å². The molecule has 0 aliphatic heterocycles. The van der Waals surface area contributed by atoms with Crippen molar-refractivity contribution < 1.29 is 0 Å². The lowest BCUT2D eigenvalue weighted by Gasteiger charge is -2.31. The zero-order chi connectivity index (χ0) is 10.8. The first kappa shape index (κ1) is 11.1. The van der Waals surface area contributed by atoms with Gasteiger partial charge in [0.05, 0.1) is 5.69 Å². The normalized spacial score (nSPS) is 31.8. The summed E-state index contributed by atoms with van der Waals surface area (Å²) in [5.41, 5.74) is 1.14. The average molecular weight is 272 g/mol. The van der Waals surface area contributed by atoms with Crippen LogP contribution in [0.3, 0.4) is 0 Å². The van der Waals surface area contributed by atoms with Crippen molar-refractivity contribution in [3.8, 4) is 0 Å². The van der Waals surface area contributed by atoms with Crippen molar-refractivity contribution in [2.24, 2.45) is 18.9 Å². The molecule has 0 spiro atoms. The molecule has 1 aliphatic carbocycles. The van der Waals surface area contributed by atoms with E-state index in [9.17, 15) is 0 Å². The van der Waals surface area contributed by atoms with E-state index in [2.05, 4.69) is 33.2 Å². The van der Waals surface area contributed by atoms with E-state index >= 15 is 0 Å². The first-order valence-electron chi connectivity index (χ1n) is 5.64. The molecule has 1 saturated carbocycles. The van der Waals surface area contributed by atoms with E-state index in [1.807, 2.05) is 13.2 Å². The zero-order valence-electron chi connectivity index (χ0n) is 9.36. The number of aryl methyl sites for hydroxylation is 1. The van der Waals surface area contributed by atoms with Crippen molar-refractivity contribution in [2.75, 3.05) is 0 Å². The van der Waals surface area contributed by atoms with Crippen LogP contribution in [0.2, 0.25) is 0 Å². The number of alkyl halides is 1. The van der Waals surface area contributed by atoms with Gasteiger partial charge in [-0.25, -0.2) is 0 Å². The van der Waals surface area contributed by atoms with Gasteiger partial charge in [-0.1, -0.05) is 28.1 Å². The number of nitrogens with zero attached hydrogens (tertiary/aromatic N) is 3. The first-order chi connectivity index (χ1) is 7.15. The molecule has 15 heavy (non-hydrogen) atoms. The van der Waals surface area contributed by atoms with Crippen LogP contribution in [0.15, 0.2) is 6.20 Å². The van der Waals surface area contributed by atoms with Crippen LogP contribution in [0, 0.1) is 11.8 Å². The number of rotatable bonds is 2. The maximum absolute atomic E-state index is 4.17. The Labute approximate surface area is 99.4 Å². The fourth-order valence-electron chi connectivity index (χ4n) is 2.40. The molecule has 0 N–H and O–H groups in total. The molecule has 1 aromatic rings. The summed E-state index contributed by atoms with van der Waals surface area (Å²) in [4.78, 5) is 0.704. The minimum atomic E-state index is 0.704. The Balaban J connectivity index is 1.98. The summed E-state index contributed by atoms with van der Waals surface area (Å²) in [6.07, 6.45) is 7.04. The SMILES string of the molecule is CC1CCC(Br)CC1Cc1cn(C)nn1. The summed E-state index contributed by atoms with van der Waals surface area (Å²) >= 11 is 3.73. The average Bonchev–Trinajstić information content (AvgIpc) is 2.58. The number of hydrogen-bond donors (Lipinski definition) is 0. The molecule has 4 heteroatoms. The molecule has 84 valence electrons. The molecule has 1 fully saturated rings. The molecule has 1 aromatic heterocycles. The molecule has 2 rings (SSSR count). The molecule has 0 radical (unpaired) electrons. The Morgan fingerprint density at radius 2 is 2.33 bits per heavy atom. The third-order valence-electron chi connectivity index (χ3n) is 3.42. The molecule has 3 nitrogen and oxygen atoms in total. The van der Waals surface area contributed by atoms with Crippen LogP contribution in [0.1, 0.15) is 31.9 Å². The molecule has 1 heterocycles. The lowest BCUT2D eigenvalue weighted by molar-refractivity contribution is 0.261. The van der Waals surface area contributed by atoms with Crippen molar-refractivity contribution in [2.45, 2.75) is 37.4 Å². The molecule has 3 unspecified atom stereocenters. The molecule has 0 amide bonds. The highest BCUT2D eigenvalue weighted by Crippen LogP contribution is 2.35. The fourth-order valence-corrected chi connectivity index (χ4v) is 3.14. The van der Waals surface area contributed by atoms with Crippen LogP contribution in [0.4, 0.5) is 0 Å². The highest BCUT2D eigenvalue weighted by atomic mass is 79.9. The lowest BCUT2D eigenvalue weighted by Crippen LogP contribution is -2.24. The molecular formula is C11H18BrN3. The summed E-state index contributed by atoms with van der Waals surface area (Å²) < 4.78 is 1.79. The van der Waals surface area contributed by atoms with E-state index in [1.54, 1.807) is 4.68 Å². The Hall–Kier alpha value is -0.380. The van der Waals surface area contributed by atoms with Gasteiger partial charge in [-0.3, -0.25) is 4.68 Å². The van der Waals surface area contributed by atoms with Crippen LogP contribution in [-0.4, -0.2) is 19.8 Å². The van der Waals surface area contributed by atoms with Crippen molar-refractivity contribution in [3.05, 3.63) is 11.9 Å². The van der Waals surface area contributed by atoms with Gasteiger partial charge in [0.25, 0.3) is 0 Å². The van der Waals surface area contributed by atoms with E-state index in [0.29, 0.717) is 4.83 Å². The largest absolute Gasteiger partial charge is 0.255 e. The van der Waals surface area contributed by atoms with Gasteiger partial charge in [-0.05, 0) is 37.5 Å². The third-order valence-corrected chi connectivity index (χ3v) is 4.25. The Kier molecular flexibility index (Phi) is 3.44. The van der Waals surface area contributed by atoms with Gasteiger partial charge in [0, 0.05) is 18.1 Å². The van der Waals surface area contributed by atoms with E-state index in [1.165, 1.54) is 19.3 Å². The Morgan fingerprint density at radius 1 is 1.53 bits per heavy atom. The van der Waals surface area contributed by atoms with E-state index in [0.717, 1.165) is 24.0 Å². The van der Waals surface area contributed by atoms with Gasteiger partial charge in [-0.2, -0.15) is 0 Å². The smallest absolute Gasteiger partial charge is 0.0829 e. The molecule has 0 bridgehead atoms. The van der Waals surface area contributed by atoms with Gasteiger partial charge in [0.15, 0.2) is 0 Å². The molecule has 0 aromatic carbocycles. The van der Waals surface area contributed by atoms with Crippen molar-refractivity contribution >= 4 is 15.9 Å². The summed E-state index contributed by atoms with van der Waals surface area (Å²) in [6, 6.07) is 0. The second kappa shape index (κ2) is 4.64. The van der Waals surface area contributed by atoms with Crippen molar-refractivity contribution in [1.82, 2.24) is 15.0 Å². The van der Waals surface area contributed by atoms with Gasteiger partial charge in [0.2, 0.25) is 0 Å². The third kappa shape index (κ3) is 2.80. The number of halogens is 1. The van der Waals surface area contributed by atoms with Gasteiger partial charge >= 0.3 is 0 Å². The lowest BCUT2D eigenvalue weighted by atomic mass is 9.78. The number of hydrogen-bond acceptors (Lipinski definition) is 2. The van der Waals surface area contributed by atoms with Crippen LogP contribution < -0.4 is 0 Å². The Bertz CT molecular complexity index is 323. The van der Waals surface area contributed by atoms with Crippen LogP contribution in [0.5, 0.6) is 0 Å². The maximum Gasteiger partial charge on any atom is 0.0829 e. The monoisotopic (exact) mass is 271 g/mol. The van der Waals surface area contributed by atoms with Crippen molar-refractivity contribution in [3.63, 3.8) is 0 Å². The minimum absolute atomic E-state index is 0.704. The predicted octanol–water partition coefficient (Wildman–Crippen LogP) is 2.56. The van der Waals surface area contributed by atoms with Gasteiger partial charge in [-0.15, -0.1) is 5.10 Å².